The standard InChI is InChI=1S/C9H10F3N3O3S/c1-8(7(17)18,9(10,11)12)15-6(16)4-3-19-5(2-13)14-4/h3H,2,13H2,1H3,(H,15,16)(H,17,18). The maximum atomic E-state index is 12.7. The largest absolute Gasteiger partial charge is 0.479 e. The Kier molecular flexibility index (Phi) is 4.15. The van der Waals surface area contributed by atoms with Crippen LogP contribution in [0.15, 0.2) is 5.38 Å². The molecule has 0 aliphatic heterocycles. The van der Waals surface area contributed by atoms with Gasteiger partial charge in [-0.2, -0.15) is 13.2 Å². The van der Waals surface area contributed by atoms with Gasteiger partial charge in [0.15, 0.2) is 0 Å². The Balaban J connectivity index is 2.98. The number of nitrogens with zero attached hydrogens (tertiary/aromatic N) is 1. The first-order chi connectivity index (χ1) is 8.61. The molecule has 0 aliphatic carbocycles. The number of aliphatic carboxylic acids is 1. The van der Waals surface area contributed by atoms with Gasteiger partial charge < -0.3 is 16.2 Å². The van der Waals surface area contributed by atoms with Gasteiger partial charge >= 0.3 is 12.1 Å². The predicted octanol–water partition coefficient (Wildman–Crippen LogP) is 0.737. The van der Waals surface area contributed by atoms with Crippen molar-refractivity contribution in [3.05, 3.63) is 16.1 Å². The third kappa shape index (κ3) is 3.01. The number of hydrogen-bond acceptors (Lipinski definition) is 5. The van der Waals surface area contributed by atoms with E-state index in [4.69, 9.17) is 10.8 Å². The van der Waals surface area contributed by atoms with Crippen molar-refractivity contribution in [1.82, 2.24) is 10.3 Å². The molecular weight excluding hydrogens is 287 g/mol. The first-order valence-electron chi connectivity index (χ1n) is 4.89. The highest BCUT2D eigenvalue weighted by Gasteiger charge is 2.58. The average molecular weight is 297 g/mol. The van der Waals surface area contributed by atoms with Crippen molar-refractivity contribution in [2.45, 2.75) is 25.2 Å². The number of hydrogen-bond donors (Lipinski definition) is 3. The summed E-state index contributed by atoms with van der Waals surface area (Å²) in [5.41, 5.74) is 1.57. The summed E-state index contributed by atoms with van der Waals surface area (Å²) in [5, 5.41) is 11.6. The van der Waals surface area contributed by atoms with Crippen molar-refractivity contribution >= 4 is 23.2 Å². The molecule has 1 heterocycles. The van der Waals surface area contributed by atoms with Crippen LogP contribution in [-0.2, 0) is 11.3 Å². The van der Waals surface area contributed by atoms with Gasteiger partial charge in [-0.15, -0.1) is 11.3 Å². The number of carbonyl (C=O) groups is 2. The topological polar surface area (TPSA) is 105 Å². The second kappa shape index (κ2) is 5.13. The van der Waals surface area contributed by atoms with Crippen molar-refractivity contribution in [3.63, 3.8) is 0 Å². The van der Waals surface area contributed by atoms with E-state index in [9.17, 15) is 22.8 Å². The molecule has 0 saturated heterocycles. The van der Waals surface area contributed by atoms with E-state index in [-0.39, 0.29) is 12.2 Å². The van der Waals surface area contributed by atoms with Crippen molar-refractivity contribution in [1.29, 1.82) is 0 Å². The molecule has 0 fully saturated rings. The maximum absolute atomic E-state index is 12.7. The molecule has 1 aromatic heterocycles. The van der Waals surface area contributed by atoms with E-state index in [1.807, 2.05) is 0 Å². The second-order valence-corrected chi connectivity index (χ2v) is 4.66. The Morgan fingerprint density at radius 3 is 2.47 bits per heavy atom. The summed E-state index contributed by atoms with van der Waals surface area (Å²) in [5.74, 6) is -3.43. The van der Waals surface area contributed by atoms with Gasteiger partial charge in [-0.25, -0.2) is 9.78 Å². The molecular formula is C9H10F3N3O3S. The summed E-state index contributed by atoms with van der Waals surface area (Å²) in [6.45, 7) is 0.400. The molecule has 19 heavy (non-hydrogen) atoms. The number of amides is 1. The van der Waals surface area contributed by atoms with E-state index in [2.05, 4.69) is 4.98 Å². The fraction of sp³-hybridized carbons (Fsp3) is 0.444. The zero-order valence-corrected chi connectivity index (χ0v) is 10.4. The minimum Gasteiger partial charge on any atom is -0.479 e. The lowest BCUT2D eigenvalue weighted by Gasteiger charge is -2.28. The Labute approximate surface area is 109 Å². The maximum Gasteiger partial charge on any atom is 0.422 e. The van der Waals surface area contributed by atoms with Crippen LogP contribution in [0.4, 0.5) is 13.2 Å². The average Bonchev–Trinajstić information content (AvgIpc) is 2.75. The van der Waals surface area contributed by atoms with Crippen LogP contribution in [0.5, 0.6) is 0 Å². The molecule has 0 bridgehead atoms. The van der Waals surface area contributed by atoms with Crippen LogP contribution in [0, 0.1) is 0 Å². The first kappa shape index (κ1) is 15.4. The molecule has 0 saturated carbocycles. The number of nitrogens with two attached hydrogens (primary N) is 1. The van der Waals surface area contributed by atoms with Crippen LogP contribution >= 0.6 is 11.3 Å². The predicted molar refractivity (Wildman–Crippen MR) is 59.6 cm³/mol. The molecule has 0 spiro atoms. The van der Waals surface area contributed by atoms with Gasteiger partial charge in [0.25, 0.3) is 5.91 Å². The molecule has 10 heteroatoms. The normalized spacial score (nSPS) is 14.8. The first-order valence-corrected chi connectivity index (χ1v) is 5.77. The van der Waals surface area contributed by atoms with Gasteiger partial charge in [0.05, 0.1) is 0 Å². The molecule has 0 radical (unpaired) electrons. The van der Waals surface area contributed by atoms with Gasteiger partial charge in [0.2, 0.25) is 5.54 Å². The van der Waals surface area contributed by atoms with Crippen LogP contribution in [0.1, 0.15) is 22.4 Å². The Morgan fingerprint density at radius 2 is 2.11 bits per heavy atom. The van der Waals surface area contributed by atoms with E-state index < -0.39 is 23.6 Å². The van der Waals surface area contributed by atoms with E-state index in [1.54, 1.807) is 0 Å². The molecule has 1 unspecified atom stereocenters. The van der Waals surface area contributed by atoms with Gasteiger partial charge in [0.1, 0.15) is 10.7 Å². The lowest BCUT2D eigenvalue weighted by molar-refractivity contribution is -0.203. The van der Waals surface area contributed by atoms with Crippen molar-refractivity contribution in [3.8, 4) is 0 Å². The summed E-state index contributed by atoms with van der Waals surface area (Å²) in [6.07, 6.45) is -5.14. The van der Waals surface area contributed by atoms with E-state index >= 15 is 0 Å². The number of halogens is 3. The Hall–Kier alpha value is -1.68. The molecule has 1 rings (SSSR count). The summed E-state index contributed by atoms with van der Waals surface area (Å²) in [6, 6.07) is 0. The van der Waals surface area contributed by atoms with Gasteiger partial charge in [-0.3, -0.25) is 4.79 Å². The number of rotatable bonds is 4. The minimum atomic E-state index is -5.14. The second-order valence-electron chi connectivity index (χ2n) is 3.71. The van der Waals surface area contributed by atoms with Gasteiger partial charge in [0, 0.05) is 11.9 Å². The minimum absolute atomic E-state index is 0.0351. The Morgan fingerprint density at radius 1 is 1.53 bits per heavy atom. The molecule has 0 aromatic carbocycles. The van der Waals surface area contributed by atoms with Crippen LogP contribution in [0.3, 0.4) is 0 Å². The number of carboxylic acid groups (broad SMARTS) is 1. The highest BCUT2D eigenvalue weighted by atomic mass is 32.1. The fourth-order valence-electron chi connectivity index (χ4n) is 1.05. The SMILES string of the molecule is CC(NC(=O)c1csc(CN)n1)(C(=O)O)C(F)(F)F. The van der Waals surface area contributed by atoms with E-state index in [1.165, 1.54) is 10.7 Å². The summed E-state index contributed by atoms with van der Waals surface area (Å²) < 4.78 is 38.0. The van der Waals surface area contributed by atoms with Gasteiger partial charge in [-0.05, 0) is 6.92 Å². The van der Waals surface area contributed by atoms with Crippen molar-refractivity contribution in [2.24, 2.45) is 5.73 Å². The van der Waals surface area contributed by atoms with Crippen LogP contribution < -0.4 is 11.1 Å². The summed E-state index contributed by atoms with van der Waals surface area (Å²) >= 11 is 0.994. The number of alkyl halides is 3. The molecule has 1 amide bonds. The zero-order valence-electron chi connectivity index (χ0n) is 9.61. The van der Waals surface area contributed by atoms with Crippen LogP contribution in [0.25, 0.3) is 0 Å². The smallest absolute Gasteiger partial charge is 0.422 e. The highest BCUT2D eigenvalue weighted by Crippen LogP contribution is 2.30. The van der Waals surface area contributed by atoms with Crippen LogP contribution in [-0.4, -0.2) is 33.7 Å². The third-order valence-electron chi connectivity index (χ3n) is 2.32. The van der Waals surface area contributed by atoms with E-state index in [0.717, 1.165) is 11.3 Å². The summed E-state index contributed by atoms with van der Waals surface area (Å²) in [4.78, 5) is 26.0. The quantitative estimate of drug-likeness (QED) is 0.760. The van der Waals surface area contributed by atoms with Crippen molar-refractivity contribution in [2.75, 3.05) is 0 Å². The lowest BCUT2D eigenvalue weighted by atomic mass is 10.0. The fourth-order valence-corrected chi connectivity index (χ4v) is 1.70. The van der Waals surface area contributed by atoms with Gasteiger partial charge in [-0.1, -0.05) is 0 Å². The number of aromatic nitrogens is 1. The number of carboxylic acids is 1. The van der Waals surface area contributed by atoms with Crippen LogP contribution in [0.2, 0.25) is 0 Å². The highest BCUT2D eigenvalue weighted by molar-refractivity contribution is 7.09. The molecule has 0 aliphatic rings. The molecule has 4 N–H and O–H groups in total. The number of carbonyl (C=O) groups excluding carboxylic acids is 1. The zero-order chi connectivity index (χ0) is 14.8. The van der Waals surface area contributed by atoms with Crippen molar-refractivity contribution < 1.29 is 27.9 Å². The number of thiazole rings is 1. The summed E-state index contributed by atoms with van der Waals surface area (Å²) in [7, 11) is 0. The monoisotopic (exact) mass is 297 g/mol. The lowest BCUT2D eigenvalue weighted by Crippen LogP contribution is -2.61. The molecule has 1 atom stereocenters. The molecule has 1 aromatic rings. The van der Waals surface area contributed by atoms with E-state index in [0.29, 0.717) is 11.9 Å². The Bertz CT molecular complexity index is 502. The molecule has 106 valence electrons. The molecule has 6 nitrogen and oxygen atoms in total. The third-order valence-corrected chi connectivity index (χ3v) is 3.19. The number of nitrogens with one attached hydrogen (secondary N) is 1.